The van der Waals surface area contributed by atoms with Gasteiger partial charge < -0.3 is 0 Å². The van der Waals surface area contributed by atoms with Gasteiger partial charge in [0.2, 0.25) is 11.6 Å². The lowest BCUT2D eigenvalue weighted by atomic mass is 9.84. The van der Waals surface area contributed by atoms with Crippen LogP contribution in [0.5, 0.6) is 0 Å². The molecule has 0 saturated heterocycles. The van der Waals surface area contributed by atoms with Crippen LogP contribution in [0.15, 0.2) is 36.4 Å². The first-order valence-electron chi connectivity index (χ1n) is 5.26. The van der Waals surface area contributed by atoms with Crippen molar-refractivity contribution in [2.75, 3.05) is 0 Å². The number of hydrogen-bond donors (Lipinski definition) is 0. The molecular formula is C14H6Cl2O2. The summed E-state index contributed by atoms with van der Waals surface area (Å²) in [6, 6.07) is 9.93. The van der Waals surface area contributed by atoms with E-state index in [9.17, 15) is 9.59 Å². The fourth-order valence-electron chi connectivity index (χ4n) is 2.12. The Morgan fingerprint density at radius 3 is 1.39 bits per heavy atom. The maximum atomic E-state index is 12.0. The van der Waals surface area contributed by atoms with Crippen LogP contribution in [0, 0.1) is 0 Å². The molecule has 1 aliphatic rings. The molecule has 0 N–H and O–H groups in total. The molecule has 0 saturated carbocycles. The van der Waals surface area contributed by atoms with Gasteiger partial charge in [-0.15, -0.1) is 0 Å². The number of ketones is 2. The monoisotopic (exact) mass is 276 g/mol. The van der Waals surface area contributed by atoms with E-state index in [0.29, 0.717) is 21.2 Å². The molecule has 0 amide bonds. The summed E-state index contributed by atoms with van der Waals surface area (Å²) in [6.07, 6.45) is 0. The molecule has 0 aliphatic heterocycles. The van der Waals surface area contributed by atoms with E-state index in [1.54, 1.807) is 24.3 Å². The van der Waals surface area contributed by atoms with Crippen LogP contribution in [0.3, 0.4) is 0 Å². The normalized spacial score (nSPS) is 13.2. The Hall–Kier alpha value is -1.64. The Morgan fingerprint density at radius 1 is 0.611 bits per heavy atom. The minimum Gasteiger partial charge on any atom is -0.285 e. The molecule has 0 bridgehead atoms. The third-order valence-electron chi connectivity index (χ3n) is 2.95. The van der Waals surface area contributed by atoms with Gasteiger partial charge in [-0.25, -0.2) is 0 Å². The first-order chi connectivity index (χ1) is 8.58. The van der Waals surface area contributed by atoms with Crippen molar-refractivity contribution in [2.45, 2.75) is 0 Å². The summed E-state index contributed by atoms with van der Waals surface area (Å²) in [6.45, 7) is 0. The predicted octanol–water partition coefficient (Wildman–Crippen LogP) is 4.04. The summed E-state index contributed by atoms with van der Waals surface area (Å²) in [5.41, 5.74) is 2.14. The van der Waals surface area contributed by atoms with Gasteiger partial charge in [-0.1, -0.05) is 35.3 Å². The average molecular weight is 277 g/mol. The van der Waals surface area contributed by atoms with E-state index in [2.05, 4.69) is 0 Å². The first kappa shape index (κ1) is 11.5. The molecule has 0 spiro atoms. The second-order valence-electron chi connectivity index (χ2n) is 4.04. The molecular weight excluding hydrogens is 271 g/mol. The fourth-order valence-corrected chi connectivity index (χ4v) is 2.47. The lowest BCUT2D eigenvalue weighted by molar-refractivity contribution is 0.0815. The predicted molar refractivity (Wildman–Crippen MR) is 70.6 cm³/mol. The molecule has 18 heavy (non-hydrogen) atoms. The van der Waals surface area contributed by atoms with Gasteiger partial charge in [-0.3, -0.25) is 9.59 Å². The quantitative estimate of drug-likeness (QED) is 0.681. The van der Waals surface area contributed by atoms with Crippen LogP contribution in [-0.2, 0) is 0 Å². The zero-order valence-electron chi connectivity index (χ0n) is 9.04. The zero-order valence-corrected chi connectivity index (χ0v) is 10.5. The Morgan fingerprint density at radius 2 is 1.00 bits per heavy atom. The molecule has 2 aromatic carbocycles. The molecule has 0 heterocycles. The van der Waals surface area contributed by atoms with Gasteiger partial charge >= 0.3 is 0 Å². The topological polar surface area (TPSA) is 34.1 Å². The number of carbonyl (C=O) groups excluding carboxylic acids is 2. The molecule has 2 nitrogen and oxygen atoms in total. The van der Waals surface area contributed by atoms with Crippen molar-refractivity contribution in [3.05, 3.63) is 57.6 Å². The van der Waals surface area contributed by atoms with Crippen molar-refractivity contribution in [3.8, 4) is 11.1 Å². The largest absolute Gasteiger partial charge is 0.285 e. The van der Waals surface area contributed by atoms with Gasteiger partial charge in [-0.05, 0) is 35.4 Å². The molecule has 4 heteroatoms. The standard InChI is InChI=1S/C14H6Cl2O2/c15-7-1-3-9-10-4-2-8(16)6-12(10)14(18)13(17)11(9)5-7/h1-6H. The minimum atomic E-state index is -0.540. The molecule has 3 rings (SSSR count). The van der Waals surface area contributed by atoms with Crippen LogP contribution < -0.4 is 0 Å². The SMILES string of the molecule is O=C1C(=O)c2cc(Cl)ccc2-c2ccc(Cl)cc21. The summed E-state index contributed by atoms with van der Waals surface area (Å²) in [4.78, 5) is 24.0. The highest BCUT2D eigenvalue weighted by molar-refractivity contribution is 6.53. The van der Waals surface area contributed by atoms with Gasteiger partial charge in [0.25, 0.3) is 0 Å². The number of benzene rings is 2. The van der Waals surface area contributed by atoms with Crippen molar-refractivity contribution in [1.29, 1.82) is 0 Å². The lowest BCUT2D eigenvalue weighted by Gasteiger charge is -2.18. The van der Waals surface area contributed by atoms with Crippen molar-refractivity contribution in [1.82, 2.24) is 0 Å². The van der Waals surface area contributed by atoms with E-state index in [-0.39, 0.29) is 0 Å². The van der Waals surface area contributed by atoms with Crippen LogP contribution in [-0.4, -0.2) is 11.6 Å². The van der Waals surface area contributed by atoms with Crippen molar-refractivity contribution >= 4 is 34.8 Å². The van der Waals surface area contributed by atoms with E-state index in [4.69, 9.17) is 23.2 Å². The summed E-state index contributed by atoms with van der Waals surface area (Å²) < 4.78 is 0. The number of carbonyl (C=O) groups is 2. The number of Topliss-reactive ketones (excluding diaryl/α,β-unsaturated/α-hetero) is 2. The lowest BCUT2D eigenvalue weighted by Crippen LogP contribution is -2.21. The number of fused-ring (bicyclic) bond motifs is 3. The second-order valence-corrected chi connectivity index (χ2v) is 4.91. The van der Waals surface area contributed by atoms with Crippen LogP contribution in [0.25, 0.3) is 11.1 Å². The van der Waals surface area contributed by atoms with Crippen molar-refractivity contribution in [3.63, 3.8) is 0 Å². The van der Waals surface area contributed by atoms with E-state index < -0.39 is 11.6 Å². The van der Waals surface area contributed by atoms with E-state index >= 15 is 0 Å². The summed E-state index contributed by atoms with van der Waals surface area (Å²) >= 11 is 11.7. The van der Waals surface area contributed by atoms with E-state index in [1.807, 2.05) is 0 Å². The molecule has 0 atom stereocenters. The third kappa shape index (κ3) is 1.57. The van der Waals surface area contributed by atoms with Crippen LogP contribution in [0.1, 0.15) is 20.7 Å². The van der Waals surface area contributed by atoms with Gasteiger partial charge in [0.1, 0.15) is 0 Å². The Labute approximate surface area is 113 Å². The molecule has 88 valence electrons. The number of halogens is 2. The molecule has 1 aliphatic carbocycles. The van der Waals surface area contributed by atoms with Gasteiger partial charge in [0.05, 0.1) is 0 Å². The molecule has 2 aromatic rings. The Balaban J connectivity index is 2.38. The minimum absolute atomic E-state index is 0.349. The smallest absolute Gasteiger partial charge is 0.234 e. The number of rotatable bonds is 0. The van der Waals surface area contributed by atoms with Gasteiger partial charge in [0.15, 0.2) is 0 Å². The maximum absolute atomic E-state index is 12.0. The van der Waals surface area contributed by atoms with Crippen LogP contribution >= 0.6 is 23.2 Å². The third-order valence-corrected chi connectivity index (χ3v) is 3.42. The zero-order chi connectivity index (χ0) is 12.9. The van der Waals surface area contributed by atoms with E-state index in [1.165, 1.54) is 12.1 Å². The molecule has 0 unspecified atom stereocenters. The fraction of sp³-hybridized carbons (Fsp3) is 0. The molecule has 0 aromatic heterocycles. The summed E-state index contributed by atoms with van der Waals surface area (Å²) in [7, 11) is 0. The summed E-state index contributed by atoms with van der Waals surface area (Å²) in [5, 5.41) is 0.875. The maximum Gasteiger partial charge on any atom is 0.234 e. The van der Waals surface area contributed by atoms with Crippen LogP contribution in [0.2, 0.25) is 10.0 Å². The highest BCUT2D eigenvalue weighted by atomic mass is 35.5. The molecule has 0 radical (unpaired) electrons. The Bertz CT molecular complexity index is 643. The molecule has 0 fully saturated rings. The van der Waals surface area contributed by atoms with E-state index in [0.717, 1.165) is 11.1 Å². The average Bonchev–Trinajstić information content (AvgIpc) is 2.36. The van der Waals surface area contributed by atoms with Crippen molar-refractivity contribution < 1.29 is 9.59 Å². The highest BCUT2D eigenvalue weighted by Crippen LogP contribution is 2.35. The van der Waals surface area contributed by atoms with Crippen molar-refractivity contribution in [2.24, 2.45) is 0 Å². The second kappa shape index (κ2) is 3.94. The van der Waals surface area contributed by atoms with Crippen LogP contribution in [0.4, 0.5) is 0 Å². The van der Waals surface area contributed by atoms with Gasteiger partial charge in [0, 0.05) is 21.2 Å². The summed E-state index contributed by atoms with van der Waals surface area (Å²) in [5.74, 6) is -1.08. The number of hydrogen-bond acceptors (Lipinski definition) is 2. The first-order valence-corrected chi connectivity index (χ1v) is 6.02. The highest BCUT2D eigenvalue weighted by Gasteiger charge is 2.30. The Kier molecular flexibility index (Phi) is 2.51. The van der Waals surface area contributed by atoms with Gasteiger partial charge in [-0.2, -0.15) is 0 Å².